The minimum Gasteiger partial charge on any atom is -0.488 e. The lowest BCUT2D eigenvalue weighted by molar-refractivity contribution is 0.0205. The number of ether oxygens (including phenoxy) is 2. The molecule has 0 spiro atoms. The Morgan fingerprint density at radius 1 is 0.750 bits per heavy atom. The van der Waals surface area contributed by atoms with Gasteiger partial charge in [0, 0.05) is 19.0 Å². The van der Waals surface area contributed by atoms with Gasteiger partial charge in [-0.05, 0) is 119 Å². The number of amides is 1. The predicted octanol–water partition coefficient (Wildman–Crippen LogP) is 8.84. The molecule has 1 aliphatic heterocycles. The minimum atomic E-state index is -0.458. The van der Waals surface area contributed by atoms with E-state index in [2.05, 4.69) is 93.6 Å². The predicted molar refractivity (Wildman–Crippen MR) is 162 cm³/mol. The van der Waals surface area contributed by atoms with Crippen molar-refractivity contribution in [3.63, 3.8) is 0 Å². The van der Waals surface area contributed by atoms with Crippen molar-refractivity contribution in [1.82, 2.24) is 4.90 Å². The maximum atomic E-state index is 12.5. The van der Waals surface area contributed by atoms with Crippen molar-refractivity contribution in [3.05, 3.63) is 101 Å². The normalized spacial score (nSPS) is 20.1. The molecule has 1 saturated heterocycles. The summed E-state index contributed by atoms with van der Waals surface area (Å²) < 4.78 is 11.8. The van der Waals surface area contributed by atoms with Crippen molar-refractivity contribution < 1.29 is 14.3 Å². The molecule has 1 heterocycles. The second-order valence-corrected chi connectivity index (χ2v) is 13.5. The maximum Gasteiger partial charge on any atom is 0.410 e. The average molecular weight is 540 g/mol. The first kappa shape index (κ1) is 28.3. The molecule has 2 aliphatic rings. The zero-order valence-corrected chi connectivity index (χ0v) is 25.1. The van der Waals surface area contributed by atoms with E-state index in [-0.39, 0.29) is 11.7 Å². The molecular weight excluding hydrogens is 494 g/mol. The van der Waals surface area contributed by atoms with Crippen molar-refractivity contribution in [2.45, 2.75) is 96.2 Å². The van der Waals surface area contributed by atoms with Gasteiger partial charge in [0.25, 0.3) is 0 Å². The smallest absolute Gasteiger partial charge is 0.410 e. The van der Waals surface area contributed by atoms with Crippen LogP contribution in [0, 0.1) is 0 Å². The number of piperidine rings is 1. The number of aryl methyl sites for hydroxylation is 1. The number of nitrogens with zero attached hydrogens (tertiary/aromatic N) is 1. The van der Waals surface area contributed by atoms with Crippen LogP contribution in [0.4, 0.5) is 4.79 Å². The van der Waals surface area contributed by atoms with Gasteiger partial charge in [0.2, 0.25) is 0 Å². The molecule has 4 nitrogen and oxygen atoms in total. The van der Waals surface area contributed by atoms with E-state index in [1.807, 2.05) is 25.7 Å². The standard InChI is InChI=1S/C36H45NO3/c1-35(2,3)39-30-17-19-32-29(24-30)16-18-31(27-10-8-7-9-11-27)33(32)28-14-12-25(13-15-28)26-20-22-37(23-21-26)34(38)40-36(4,5)6/h7-15,17,19,24,26,31,33H,16,18,20-23H2,1-6H3. The first-order valence-electron chi connectivity index (χ1n) is 14.9. The molecular formula is C36H45NO3. The molecule has 3 aromatic carbocycles. The van der Waals surface area contributed by atoms with E-state index in [0.29, 0.717) is 17.8 Å². The fraction of sp³-hybridized carbons (Fsp3) is 0.472. The molecule has 1 amide bonds. The van der Waals surface area contributed by atoms with Gasteiger partial charge in [-0.3, -0.25) is 0 Å². The van der Waals surface area contributed by atoms with E-state index < -0.39 is 5.60 Å². The summed E-state index contributed by atoms with van der Waals surface area (Å²) in [5, 5.41) is 0. The van der Waals surface area contributed by atoms with Gasteiger partial charge in [-0.25, -0.2) is 4.79 Å². The molecule has 1 aliphatic carbocycles. The molecule has 40 heavy (non-hydrogen) atoms. The summed E-state index contributed by atoms with van der Waals surface area (Å²) >= 11 is 0. The number of hydrogen-bond donors (Lipinski definition) is 0. The molecule has 4 heteroatoms. The van der Waals surface area contributed by atoms with Gasteiger partial charge in [-0.15, -0.1) is 0 Å². The number of carbonyl (C=O) groups excluding carboxylic acids is 1. The Labute approximate surface area is 240 Å². The van der Waals surface area contributed by atoms with Crippen molar-refractivity contribution in [3.8, 4) is 5.75 Å². The number of benzene rings is 3. The van der Waals surface area contributed by atoms with Crippen LogP contribution >= 0.6 is 0 Å². The zero-order valence-electron chi connectivity index (χ0n) is 25.1. The highest BCUT2D eigenvalue weighted by molar-refractivity contribution is 5.68. The molecule has 2 atom stereocenters. The Bertz CT molecular complexity index is 1290. The second kappa shape index (κ2) is 11.3. The summed E-state index contributed by atoms with van der Waals surface area (Å²) in [4.78, 5) is 14.4. The average Bonchev–Trinajstić information content (AvgIpc) is 2.91. The van der Waals surface area contributed by atoms with Gasteiger partial charge in [0.1, 0.15) is 17.0 Å². The van der Waals surface area contributed by atoms with Crippen molar-refractivity contribution in [2.24, 2.45) is 0 Å². The first-order valence-corrected chi connectivity index (χ1v) is 14.9. The van der Waals surface area contributed by atoms with E-state index in [0.717, 1.165) is 44.5 Å². The van der Waals surface area contributed by atoms with Crippen LogP contribution in [-0.2, 0) is 11.2 Å². The fourth-order valence-electron chi connectivity index (χ4n) is 6.38. The molecule has 0 N–H and O–H groups in total. The third-order valence-corrected chi connectivity index (χ3v) is 8.14. The van der Waals surface area contributed by atoms with Gasteiger partial charge >= 0.3 is 6.09 Å². The number of hydrogen-bond acceptors (Lipinski definition) is 3. The molecule has 0 bridgehead atoms. The van der Waals surface area contributed by atoms with Crippen LogP contribution in [0.2, 0.25) is 0 Å². The van der Waals surface area contributed by atoms with Crippen LogP contribution < -0.4 is 4.74 Å². The Morgan fingerprint density at radius 3 is 2.02 bits per heavy atom. The molecule has 0 saturated carbocycles. The van der Waals surface area contributed by atoms with E-state index >= 15 is 0 Å². The highest BCUT2D eigenvalue weighted by Gasteiger charge is 2.33. The summed E-state index contributed by atoms with van der Waals surface area (Å²) in [6.45, 7) is 13.6. The van der Waals surface area contributed by atoms with Gasteiger partial charge in [-0.2, -0.15) is 0 Å². The Balaban J connectivity index is 1.37. The Morgan fingerprint density at radius 2 is 1.40 bits per heavy atom. The van der Waals surface area contributed by atoms with Crippen molar-refractivity contribution in [1.29, 1.82) is 0 Å². The fourth-order valence-corrected chi connectivity index (χ4v) is 6.38. The van der Waals surface area contributed by atoms with E-state index in [4.69, 9.17) is 9.47 Å². The molecule has 1 fully saturated rings. The van der Waals surface area contributed by atoms with Gasteiger partial charge in [0.05, 0.1) is 0 Å². The third-order valence-electron chi connectivity index (χ3n) is 8.14. The summed E-state index contributed by atoms with van der Waals surface area (Å²) in [5.41, 5.74) is 6.29. The molecule has 0 aromatic heterocycles. The van der Waals surface area contributed by atoms with Crippen LogP contribution in [0.5, 0.6) is 5.75 Å². The Hall–Kier alpha value is -3.27. The quantitative estimate of drug-likeness (QED) is 0.332. The topological polar surface area (TPSA) is 38.8 Å². The largest absolute Gasteiger partial charge is 0.488 e. The van der Waals surface area contributed by atoms with Crippen LogP contribution in [0.3, 0.4) is 0 Å². The van der Waals surface area contributed by atoms with E-state index in [1.165, 1.54) is 27.8 Å². The van der Waals surface area contributed by atoms with E-state index in [1.54, 1.807) is 0 Å². The van der Waals surface area contributed by atoms with Gasteiger partial charge < -0.3 is 14.4 Å². The summed E-state index contributed by atoms with van der Waals surface area (Å²) in [7, 11) is 0. The maximum absolute atomic E-state index is 12.5. The highest BCUT2D eigenvalue weighted by Crippen LogP contribution is 2.47. The Kier molecular flexibility index (Phi) is 7.99. The minimum absolute atomic E-state index is 0.194. The third kappa shape index (κ3) is 6.71. The SMILES string of the molecule is CC(C)(C)OC(=O)N1CCC(c2ccc(C3c4ccc(OC(C)(C)C)cc4CCC3c3ccccc3)cc2)CC1. The van der Waals surface area contributed by atoms with Crippen LogP contribution in [0.1, 0.15) is 106 Å². The highest BCUT2D eigenvalue weighted by atomic mass is 16.6. The molecule has 2 unspecified atom stereocenters. The van der Waals surface area contributed by atoms with Crippen LogP contribution in [-0.4, -0.2) is 35.3 Å². The zero-order chi connectivity index (χ0) is 28.5. The summed E-state index contributed by atoms with van der Waals surface area (Å²) in [6, 6.07) is 27.1. The van der Waals surface area contributed by atoms with E-state index in [9.17, 15) is 4.79 Å². The van der Waals surface area contributed by atoms with Crippen molar-refractivity contribution in [2.75, 3.05) is 13.1 Å². The summed E-state index contributed by atoms with van der Waals surface area (Å²) in [5.74, 6) is 2.16. The monoisotopic (exact) mass is 539 g/mol. The molecule has 3 aromatic rings. The summed E-state index contributed by atoms with van der Waals surface area (Å²) in [6.07, 6.45) is 3.91. The number of rotatable bonds is 4. The van der Waals surface area contributed by atoms with Crippen molar-refractivity contribution >= 4 is 6.09 Å². The first-order chi connectivity index (χ1) is 19.0. The number of fused-ring (bicyclic) bond motifs is 1. The van der Waals surface area contributed by atoms with Crippen LogP contribution in [0.25, 0.3) is 0 Å². The van der Waals surface area contributed by atoms with Crippen LogP contribution in [0.15, 0.2) is 72.8 Å². The number of likely N-dealkylation sites (tertiary alicyclic amines) is 1. The van der Waals surface area contributed by atoms with Gasteiger partial charge in [-0.1, -0.05) is 60.7 Å². The number of carbonyl (C=O) groups is 1. The molecule has 212 valence electrons. The lowest BCUT2D eigenvalue weighted by Crippen LogP contribution is -2.41. The molecule has 5 rings (SSSR count). The lowest BCUT2D eigenvalue weighted by atomic mass is 9.69. The molecule has 0 radical (unpaired) electrons. The van der Waals surface area contributed by atoms with Gasteiger partial charge in [0.15, 0.2) is 0 Å². The lowest BCUT2D eigenvalue weighted by Gasteiger charge is -2.36. The second-order valence-electron chi connectivity index (χ2n) is 13.5.